The zero-order valence-corrected chi connectivity index (χ0v) is 13.3. The Morgan fingerprint density at radius 2 is 1.90 bits per heavy atom. The fraction of sp³-hybridized carbons (Fsp3) is 0.538. The van der Waals surface area contributed by atoms with Crippen molar-refractivity contribution < 1.29 is 17.9 Å². The Kier molecular flexibility index (Phi) is 5.94. The Morgan fingerprint density at radius 1 is 1.35 bits per heavy atom. The molecule has 0 radical (unpaired) electrons. The van der Waals surface area contributed by atoms with Crippen LogP contribution < -0.4 is 0 Å². The first-order valence-electron chi connectivity index (χ1n) is 6.36. The van der Waals surface area contributed by atoms with Gasteiger partial charge in [0.15, 0.2) is 0 Å². The molecule has 0 aliphatic carbocycles. The lowest BCUT2D eigenvalue weighted by Crippen LogP contribution is -2.36. The molecule has 1 rings (SSSR count). The van der Waals surface area contributed by atoms with Gasteiger partial charge in [-0.05, 0) is 25.0 Å². The summed E-state index contributed by atoms with van der Waals surface area (Å²) in [6.07, 6.45) is 1.25. The number of benzene rings is 1. The predicted octanol–water partition coefficient (Wildman–Crippen LogP) is 2.78. The third-order valence-electron chi connectivity index (χ3n) is 3.36. The van der Waals surface area contributed by atoms with Gasteiger partial charge in [0, 0.05) is 23.7 Å². The van der Waals surface area contributed by atoms with Gasteiger partial charge in [-0.15, -0.1) is 0 Å². The molecule has 1 aromatic rings. The quantitative estimate of drug-likeness (QED) is 0.875. The van der Waals surface area contributed by atoms with Crippen molar-refractivity contribution in [2.45, 2.75) is 44.2 Å². The maximum atomic E-state index is 14.2. The molecule has 0 aromatic heterocycles. The number of halogens is 2. The van der Waals surface area contributed by atoms with Gasteiger partial charge >= 0.3 is 0 Å². The monoisotopic (exact) mass is 323 g/mol. The minimum Gasteiger partial charge on any atom is -0.392 e. The third-order valence-corrected chi connectivity index (χ3v) is 5.49. The lowest BCUT2D eigenvalue weighted by atomic mass is 10.2. The van der Waals surface area contributed by atoms with Crippen molar-refractivity contribution in [2.75, 3.05) is 7.05 Å². The van der Waals surface area contributed by atoms with E-state index in [1.807, 2.05) is 13.8 Å². The number of aliphatic hydroxyl groups excluding tert-OH is 1. The third kappa shape index (κ3) is 3.31. The van der Waals surface area contributed by atoms with Crippen molar-refractivity contribution in [3.05, 3.63) is 28.5 Å². The molecule has 0 bridgehead atoms. The van der Waals surface area contributed by atoms with E-state index >= 15 is 0 Å². The average Bonchev–Trinajstić information content (AvgIpc) is 2.41. The Bertz CT molecular complexity index is 573. The molecule has 1 aromatic carbocycles. The second-order valence-corrected chi connectivity index (χ2v) is 6.93. The van der Waals surface area contributed by atoms with Gasteiger partial charge in [0.25, 0.3) is 0 Å². The van der Waals surface area contributed by atoms with E-state index in [0.29, 0.717) is 12.8 Å². The summed E-state index contributed by atoms with van der Waals surface area (Å²) in [5.41, 5.74) is -0.131. The first-order valence-corrected chi connectivity index (χ1v) is 8.18. The second-order valence-electron chi connectivity index (χ2n) is 4.53. The Hall–Kier alpha value is -0.690. The van der Waals surface area contributed by atoms with Crippen LogP contribution in [-0.4, -0.2) is 30.9 Å². The van der Waals surface area contributed by atoms with Crippen LogP contribution in [0.25, 0.3) is 0 Å². The number of nitrogens with zero attached hydrogens (tertiary/aromatic N) is 1. The van der Waals surface area contributed by atoms with E-state index in [-0.39, 0.29) is 16.6 Å². The molecule has 0 aliphatic heterocycles. The van der Waals surface area contributed by atoms with Crippen molar-refractivity contribution in [3.8, 4) is 0 Å². The number of aliphatic hydroxyl groups is 1. The second kappa shape index (κ2) is 6.85. The van der Waals surface area contributed by atoms with E-state index in [4.69, 9.17) is 16.7 Å². The van der Waals surface area contributed by atoms with Crippen LogP contribution in [0.2, 0.25) is 5.02 Å². The van der Waals surface area contributed by atoms with Crippen molar-refractivity contribution >= 4 is 21.6 Å². The Morgan fingerprint density at radius 3 is 2.35 bits per heavy atom. The maximum Gasteiger partial charge on any atom is 0.246 e. The summed E-state index contributed by atoms with van der Waals surface area (Å²) in [6, 6.07) is 2.08. The molecule has 0 fully saturated rings. The molecule has 114 valence electrons. The molecule has 0 spiro atoms. The molecular formula is C13H19ClFNO3S. The zero-order chi connectivity index (χ0) is 15.5. The zero-order valence-electron chi connectivity index (χ0n) is 11.7. The molecular weight excluding hydrogens is 305 g/mol. The van der Waals surface area contributed by atoms with Crippen LogP contribution in [0.4, 0.5) is 4.39 Å². The van der Waals surface area contributed by atoms with Crippen LogP contribution in [0.3, 0.4) is 0 Å². The molecule has 0 amide bonds. The smallest absolute Gasteiger partial charge is 0.246 e. The molecule has 0 unspecified atom stereocenters. The highest BCUT2D eigenvalue weighted by molar-refractivity contribution is 7.89. The predicted molar refractivity (Wildman–Crippen MR) is 76.7 cm³/mol. The number of rotatable bonds is 6. The van der Waals surface area contributed by atoms with E-state index in [0.717, 1.165) is 10.4 Å². The normalized spacial score (nSPS) is 12.4. The van der Waals surface area contributed by atoms with Crippen LogP contribution in [0.1, 0.15) is 32.3 Å². The summed E-state index contributed by atoms with van der Waals surface area (Å²) in [5, 5.41) is 9.14. The summed E-state index contributed by atoms with van der Waals surface area (Å²) in [5.74, 6) is -0.949. The van der Waals surface area contributed by atoms with Crippen molar-refractivity contribution in [1.82, 2.24) is 4.31 Å². The Balaban J connectivity index is 3.39. The van der Waals surface area contributed by atoms with Crippen molar-refractivity contribution in [3.63, 3.8) is 0 Å². The van der Waals surface area contributed by atoms with Crippen LogP contribution >= 0.6 is 11.6 Å². The van der Waals surface area contributed by atoms with Gasteiger partial charge in [0.05, 0.1) is 6.61 Å². The number of sulfonamides is 1. The van der Waals surface area contributed by atoms with Gasteiger partial charge < -0.3 is 5.11 Å². The molecule has 20 heavy (non-hydrogen) atoms. The summed E-state index contributed by atoms with van der Waals surface area (Å²) in [7, 11) is -2.56. The fourth-order valence-corrected chi connectivity index (χ4v) is 4.02. The van der Waals surface area contributed by atoms with E-state index in [1.165, 1.54) is 13.1 Å². The SMILES string of the molecule is CCC(CC)N(C)S(=O)(=O)c1cc(Cl)cc(CO)c1F. The van der Waals surface area contributed by atoms with Crippen LogP contribution in [0.5, 0.6) is 0 Å². The summed E-state index contributed by atoms with van der Waals surface area (Å²) in [4.78, 5) is -0.497. The van der Waals surface area contributed by atoms with E-state index in [9.17, 15) is 12.8 Å². The molecule has 0 aliphatic rings. The van der Waals surface area contributed by atoms with Gasteiger partial charge in [-0.25, -0.2) is 12.8 Å². The highest BCUT2D eigenvalue weighted by atomic mass is 35.5. The maximum absolute atomic E-state index is 14.2. The van der Waals surface area contributed by atoms with Crippen molar-refractivity contribution in [2.24, 2.45) is 0 Å². The lowest BCUT2D eigenvalue weighted by molar-refractivity contribution is 0.274. The van der Waals surface area contributed by atoms with Crippen LogP contribution in [0, 0.1) is 5.82 Å². The Labute approximate surface area is 124 Å². The lowest BCUT2D eigenvalue weighted by Gasteiger charge is -2.26. The molecule has 4 nitrogen and oxygen atoms in total. The average molecular weight is 324 g/mol. The van der Waals surface area contributed by atoms with Crippen LogP contribution in [-0.2, 0) is 16.6 Å². The van der Waals surface area contributed by atoms with E-state index in [2.05, 4.69) is 0 Å². The highest BCUT2D eigenvalue weighted by Gasteiger charge is 2.30. The topological polar surface area (TPSA) is 57.6 Å². The van der Waals surface area contributed by atoms with E-state index in [1.54, 1.807) is 0 Å². The van der Waals surface area contributed by atoms with Gasteiger partial charge in [0.1, 0.15) is 10.7 Å². The molecule has 7 heteroatoms. The van der Waals surface area contributed by atoms with Gasteiger partial charge in [-0.1, -0.05) is 25.4 Å². The number of hydrogen-bond acceptors (Lipinski definition) is 3. The first kappa shape index (κ1) is 17.4. The molecule has 0 saturated heterocycles. The fourth-order valence-electron chi connectivity index (χ4n) is 2.08. The minimum absolute atomic E-state index is 0.0759. The first-order chi connectivity index (χ1) is 9.29. The van der Waals surface area contributed by atoms with Gasteiger partial charge in [0.2, 0.25) is 10.0 Å². The van der Waals surface area contributed by atoms with Gasteiger partial charge in [-0.3, -0.25) is 0 Å². The largest absolute Gasteiger partial charge is 0.392 e. The standard InChI is InChI=1S/C13H19ClFNO3S/c1-4-11(5-2)16(3)20(18,19)12-7-10(14)6-9(8-17)13(12)15/h6-7,11,17H,4-5,8H2,1-3H3. The molecule has 0 saturated carbocycles. The summed E-state index contributed by atoms with van der Waals surface area (Å²) in [6.45, 7) is 3.13. The van der Waals surface area contributed by atoms with Crippen molar-refractivity contribution in [1.29, 1.82) is 0 Å². The van der Waals surface area contributed by atoms with Crippen LogP contribution in [0.15, 0.2) is 17.0 Å². The van der Waals surface area contributed by atoms with Gasteiger partial charge in [-0.2, -0.15) is 4.31 Å². The molecule has 1 N–H and O–H groups in total. The summed E-state index contributed by atoms with van der Waals surface area (Å²) < 4.78 is 40.3. The number of hydrogen-bond donors (Lipinski definition) is 1. The minimum atomic E-state index is -3.99. The van der Waals surface area contributed by atoms with E-state index < -0.39 is 27.3 Å². The highest BCUT2D eigenvalue weighted by Crippen LogP contribution is 2.27. The molecule has 0 atom stereocenters. The summed E-state index contributed by atoms with van der Waals surface area (Å²) >= 11 is 5.80. The molecule has 0 heterocycles.